The Hall–Kier alpha value is -3.51. The highest BCUT2D eigenvalue weighted by atomic mass is 16.5. The summed E-state index contributed by atoms with van der Waals surface area (Å²) in [6.45, 7) is 3.27. The van der Waals surface area contributed by atoms with Crippen LogP contribution in [0.2, 0.25) is 0 Å². The van der Waals surface area contributed by atoms with Crippen LogP contribution < -0.4 is 20.3 Å². The van der Waals surface area contributed by atoms with Gasteiger partial charge in [-0.1, -0.05) is 42.5 Å². The number of rotatable bonds is 7. The first kappa shape index (κ1) is 19.8. The molecule has 1 aliphatic heterocycles. The van der Waals surface area contributed by atoms with E-state index in [-0.39, 0.29) is 12.5 Å². The van der Waals surface area contributed by atoms with Crippen LogP contribution >= 0.6 is 0 Å². The molecule has 1 heterocycles. The van der Waals surface area contributed by atoms with E-state index in [1.807, 2.05) is 72.8 Å². The lowest BCUT2D eigenvalue weighted by atomic mass is 10.2. The molecule has 1 aliphatic rings. The van der Waals surface area contributed by atoms with E-state index in [4.69, 9.17) is 9.47 Å². The zero-order valence-corrected chi connectivity index (χ0v) is 16.7. The maximum atomic E-state index is 12.6. The quantitative estimate of drug-likeness (QED) is 0.614. The number of carbonyl (C=O) groups is 1. The van der Waals surface area contributed by atoms with E-state index >= 15 is 0 Å². The molecule has 2 N–H and O–H groups in total. The monoisotopic (exact) mass is 403 g/mol. The van der Waals surface area contributed by atoms with E-state index in [1.54, 1.807) is 0 Å². The molecule has 0 spiro atoms. The van der Waals surface area contributed by atoms with Gasteiger partial charge in [0.1, 0.15) is 5.75 Å². The molecule has 154 valence electrons. The summed E-state index contributed by atoms with van der Waals surface area (Å²) in [6, 6.07) is 25.0. The molecule has 0 radical (unpaired) electrons. The summed E-state index contributed by atoms with van der Waals surface area (Å²) in [5.41, 5.74) is 2.65. The molecule has 0 unspecified atom stereocenters. The third-order valence-electron chi connectivity index (χ3n) is 4.83. The fraction of sp³-hybridized carbons (Fsp3) is 0.208. The highest BCUT2D eigenvalue weighted by Crippen LogP contribution is 2.29. The molecule has 4 rings (SSSR count). The van der Waals surface area contributed by atoms with Crippen LogP contribution in [0.3, 0.4) is 0 Å². The molecule has 0 bridgehead atoms. The summed E-state index contributed by atoms with van der Waals surface area (Å²) in [7, 11) is 0. The molecule has 6 nitrogen and oxygen atoms in total. The molecular formula is C24H25N3O3. The molecule has 0 atom stereocenters. The molecule has 0 aromatic heterocycles. The number of benzene rings is 3. The van der Waals surface area contributed by atoms with Gasteiger partial charge < -0.3 is 25.0 Å². The fourth-order valence-corrected chi connectivity index (χ4v) is 3.35. The highest BCUT2D eigenvalue weighted by Gasteiger charge is 2.15. The zero-order valence-electron chi connectivity index (χ0n) is 16.7. The molecular weight excluding hydrogens is 378 g/mol. The number of para-hydroxylation sites is 5. The average Bonchev–Trinajstić information content (AvgIpc) is 2.80. The number of ether oxygens (including phenoxy) is 2. The summed E-state index contributed by atoms with van der Waals surface area (Å²) in [6.07, 6.45) is 0. The molecule has 1 saturated heterocycles. The van der Waals surface area contributed by atoms with Gasteiger partial charge in [-0.05, 0) is 36.4 Å². The summed E-state index contributed by atoms with van der Waals surface area (Å²) in [5, 5.41) is 6.20. The van der Waals surface area contributed by atoms with Crippen molar-refractivity contribution in [3.63, 3.8) is 0 Å². The van der Waals surface area contributed by atoms with Crippen LogP contribution in [-0.2, 0) is 9.53 Å². The molecule has 0 aliphatic carbocycles. The van der Waals surface area contributed by atoms with Gasteiger partial charge in [0.15, 0.2) is 5.75 Å². The molecule has 3 aromatic rings. The summed E-state index contributed by atoms with van der Waals surface area (Å²) < 4.78 is 11.4. The molecule has 1 amide bonds. The normalized spacial score (nSPS) is 13.5. The lowest BCUT2D eigenvalue weighted by molar-refractivity contribution is -0.114. The van der Waals surface area contributed by atoms with Crippen LogP contribution in [0.1, 0.15) is 0 Å². The number of hydrogen-bond donors (Lipinski definition) is 2. The lowest BCUT2D eigenvalue weighted by Crippen LogP contribution is -2.36. The van der Waals surface area contributed by atoms with E-state index in [2.05, 4.69) is 21.6 Å². The SMILES string of the molecule is O=C(CNc1ccccc1N1CCOCC1)Nc1ccccc1Oc1ccccc1. The van der Waals surface area contributed by atoms with Gasteiger partial charge in [-0.25, -0.2) is 0 Å². The Morgan fingerprint density at radius 1 is 0.867 bits per heavy atom. The zero-order chi connectivity index (χ0) is 20.6. The van der Waals surface area contributed by atoms with Gasteiger partial charge in [0.25, 0.3) is 0 Å². The Morgan fingerprint density at radius 2 is 1.53 bits per heavy atom. The maximum absolute atomic E-state index is 12.6. The molecule has 1 fully saturated rings. The van der Waals surface area contributed by atoms with Crippen LogP contribution in [0.15, 0.2) is 78.9 Å². The lowest BCUT2D eigenvalue weighted by Gasteiger charge is -2.30. The molecule has 30 heavy (non-hydrogen) atoms. The van der Waals surface area contributed by atoms with Crippen molar-refractivity contribution in [2.45, 2.75) is 0 Å². The van der Waals surface area contributed by atoms with Crippen molar-refractivity contribution in [3.05, 3.63) is 78.9 Å². The van der Waals surface area contributed by atoms with Crippen molar-refractivity contribution in [1.29, 1.82) is 0 Å². The smallest absolute Gasteiger partial charge is 0.243 e. The fourth-order valence-electron chi connectivity index (χ4n) is 3.35. The van der Waals surface area contributed by atoms with Gasteiger partial charge in [-0.3, -0.25) is 4.79 Å². The predicted molar refractivity (Wildman–Crippen MR) is 120 cm³/mol. The van der Waals surface area contributed by atoms with E-state index < -0.39 is 0 Å². The summed E-state index contributed by atoms with van der Waals surface area (Å²) in [4.78, 5) is 14.9. The Balaban J connectivity index is 1.39. The topological polar surface area (TPSA) is 62.8 Å². The van der Waals surface area contributed by atoms with Crippen molar-refractivity contribution in [1.82, 2.24) is 0 Å². The highest BCUT2D eigenvalue weighted by molar-refractivity contribution is 5.95. The van der Waals surface area contributed by atoms with E-state index in [9.17, 15) is 4.79 Å². The summed E-state index contributed by atoms with van der Waals surface area (Å²) >= 11 is 0. The second-order valence-corrected chi connectivity index (χ2v) is 6.93. The van der Waals surface area contributed by atoms with Crippen molar-refractivity contribution < 1.29 is 14.3 Å². The Kier molecular flexibility index (Phi) is 6.47. The van der Waals surface area contributed by atoms with Gasteiger partial charge in [-0.2, -0.15) is 0 Å². The Bertz CT molecular complexity index is 972. The first-order valence-corrected chi connectivity index (χ1v) is 10.1. The van der Waals surface area contributed by atoms with Crippen LogP contribution in [0, 0.1) is 0 Å². The Morgan fingerprint density at radius 3 is 2.33 bits per heavy atom. The second-order valence-electron chi connectivity index (χ2n) is 6.93. The minimum Gasteiger partial charge on any atom is -0.455 e. The largest absolute Gasteiger partial charge is 0.455 e. The Labute approximate surface area is 176 Å². The van der Waals surface area contributed by atoms with Gasteiger partial charge in [0, 0.05) is 13.1 Å². The van der Waals surface area contributed by atoms with Gasteiger partial charge in [0.2, 0.25) is 5.91 Å². The maximum Gasteiger partial charge on any atom is 0.243 e. The van der Waals surface area contributed by atoms with Crippen molar-refractivity contribution in [3.8, 4) is 11.5 Å². The number of morpholine rings is 1. The van der Waals surface area contributed by atoms with E-state index in [0.29, 0.717) is 24.7 Å². The van der Waals surface area contributed by atoms with E-state index in [1.165, 1.54) is 0 Å². The third kappa shape index (κ3) is 5.10. The van der Waals surface area contributed by atoms with Crippen molar-refractivity contribution in [2.24, 2.45) is 0 Å². The molecule has 3 aromatic carbocycles. The number of carbonyl (C=O) groups excluding carboxylic acids is 1. The summed E-state index contributed by atoms with van der Waals surface area (Å²) in [5.74, 6) is 1.18. The third-order valence-corrected chi connectivity index (χ3v) is 4.83. The van der Waals surface area contributed by atoms with Crippen molar-refractivity contribution >= 4 is 23.0 Å². The second kappa shape index (κ2) is 9.80. The standard InChI is InChI=1S/C24H25N3O3/c28-24(18-25-20-10-4-6-12-22(20)27-14-16-29-17-15-27)26-21-11-5-7-13-23(21)30-19-8-2-1-3-9-19/h1-13,25H,14-18H2,(H,26,28). The van der Waals surface area contributed by atoms with Crippen molar-refractivity contribution in [2.75, 3.05) is 48.4 Å². The van der Waals surface area contributed by atoms with Crippen LogP contribution in [-0.4, -0.2) is 38.8 Å². The number of nitrogens with one attached hydrogen (secondary N) is 2. The molecule has 6 heteroatoms. The number of amides is 1. The van der Waals surface area contributed by atoms with Crippen LogP contribution in [0.4, 0.5) is 17.1 Å². The van der Waals surface area contributed by atoms with Gasteiger partial charge in [0.05, 0.1) is 36.8 Å². The van der Waals surface area contributed by atoms with Crippen LogP contribution in [0.5, 0.6) is 11.5 Å². The number of anilines is 3. The minimum atomic E-state index is -0.143. The predicted octanol–water partition coefficient (Wildman–Crippen LogP) is 4.37. The van der Waals surface area contributed by atoms with Gasteiger partial charge in [-0.15, -0.1) is 0 Å². The van der Waals surface area contributed by atoms with E-state index in [0.717, 1.165) is 30.2 Å². The minimum absolute atomic E-state index is 0.143. The first-order chi connectivity index (χ1) is 14.8. The van der Waals surface area contributed by atoms with Crippen LogP contribution in [0.25, 0.3) is 0 Å². The average molecular weight is 403 g/mol. The molecule has 0 saturated carbocycles. The van der Waals surface area contributed by atoms with Gasteiger partial charge >= 0.3 is 0 Å². The number of hydrogen-bond acceptors (Lipinski definition) is 5. The first-order valence-electron chi connectivity index (χ1n) is 10.1. The number of nitrogens with zero attached hydrogens (tertiary/aromatic N) is 1.